The third kappa shape index (κ3) is 6.01. The fraction of sp³-hybridized carbons (Fsp3) is 0.222. The molecule has 4 rings (SSSR count). The summed E-state index contributed by atoms with van der Waals surface area (Å²) in [6.07, 6.45) is 0. The first-order valence-corrected chi connectivity index (χ1v) is 12.0. The van der Waals surface area contributed by atoms with Crippen LogP contribution in [0.2, 0.25) is 5.02 Å². The van der Waals surface area contributed by atoms with Crippen LogP contribution in [-0.4, -0.2) is 28.0 Å². The number of thiazole rings is 1. The van der Waals surface area contributed by atoms with Gasteiger partial charge in [0, 0.05) is 10.6 Å². The lowest BCUT2D eigenvalue weighted by molar-refractivity contribution is -0.142. The van der Waals surface area contributed by atoms with Crippen molar-refractivity contribution >= 4 is 55.8 Å². The highest BCUT2D eigenvalue weighted by Gasteiger charge is 2.32. The van der Waals surface area contributed by atoms with E-state index in [0.29, 0.717) is 26.8 Å². The van der Waals surface area contributed by atoms with E-state index in [1.54, 1.807) is 63.2 Å². The van der Waals surface area contributed by atoms with Gasteiger partial charge in [-0.1, -0.05) is 69.3 Å². The lowest BCUT2D eigenvalue weighted by atomic mass is 9.86. The van der Waals surface area contributed by atoms with Crippen molar-refractivity contribution in [2.24, 2.45) is 5.41 Å². The number of halogens is 2. The van der Waals surface area contributed by atoms with Gasteiger partial charge in [-0.15, -0.1) is 0 Å². The van der Waals surface area contributed by atoms with Crippen LogP contribution in [0, 0.1) is 11.2 Å². The fourth-order valence-electron chi connectivity index (χ4n) is 3.54. The molecule has 1 amide bonds. The van der Waals surface area contributed by atoms with Crippen molar-refractivity contribution in [1.29, 1.82) is 0 Å². The average molecular weight is 528 g/mol. The number of rotatable bonds is 6. The summed E-state index contributed by atoms with van der Waals surface area (Å²) in [5, 5.41) is 16.2. The number of nitrogens with one attached hydrogen (secondary N) is 2. The average Bonchev–Trinajstić information content (AvgIpc) is 3.19. The van der Waals surface area contributed by atoms with E-state index in [0.717, 1.165) is 10.2 Å². The van der Waals surface area contributed by atoms with Gasteiger partial charge < -0.3 is 15.7 Å². The van der Waals surface area contributed by atoms with Crippen LogP contribution in [0.4, 0.5) is 15.2 Å². The van der Waals surface area contributed by atoms with Crippen LogP contribution in [0.1, 0.15) is 38.6 Å². The van der Waals surface area contributed by atoms with E-state index in [2.05, 4.69) is 15.6 Å². The number of amides is 1. The Labute approximate surface area is 218 Å². The minimum absolute atomic E-state index is 0. The molecule has 0 saturated carbocycles. The molecule has 4 aromatic rings. The van der Waals surface area contributed by atoms with E-state index >= 15 is 0 Å². The van der Waals surface area contributed by atoms with Gasteiger partial charge >= 0.3 is 5.97 Å². The molecule has 0 aliphatic carbocycles. The molecule has 0 radical (unpaired) electrons. The van der Waals surface area contributed by atoms with Crippen molar-refractivity contribution in [3.63, 3.8) is 0 Å². The van der Waals surface area contributed by atoms with Gasteiger partial charge in [0.25, 0.3) is 5.91 Å². The van der Waals surface area contributed by atoms with Gasteiger partial charge in [0.2, 0.25) is 0 Å². The highest BCUT2D eigenvalue weighted by Crippen LogP contribution is 2.32. The van der Waals surface area contributed by atoms with Crippen LogP contribution in [0.3, 0.4) is 0 Å². The molecule has 1 aromatic heterocycles. The number of carboxylic acids is 1. The van der Waals surface area contributed by atoms with Crippen molar-refractivity contribution in [2.75, 3.05) is 5.32 Å². The zero-order chi connectivity index (χ0) is 25.3. The molecule has 188 valence electrons. The monoisotopic (exact) mass is 527 g/mol. The van der Waals surface area contributed by atoms with Gasteiger partial charge in [0.1, 0.15) is 11.9 Å². The van der Waals surface area contributed by atoms with Gasteiger partial charge in [0.05, 0.1) is 15.9 Å². The zero-order valence-corrected chi connectivity index (χ0v) is 20.8. The SMILES string of the molecule is C.CC(C)(C)[C@H](NC(=O)c1ccc(-c2ccc(Nc3nc4ccc(Cl)cc4s3)c(F)c2)cc1)C(=O)O. The molecular formula is C27H27ClFN3O3S. The number of hydrogen-bond acceptors (Lipinski definition) is 5. The molecule has 1 heterocycles. The number of carbonyl (C=O) groups is 2. The topological polar surface area (TPSA) is 91.3 Å². The maximum Gasteiger partial charge on any atom is 0.326 e. The number of benzene rings is 3. The summed E-state index contributed by atoms with van der Waals surface area (Å²) >= 11 is 7.40. The molecule has 0 bridgehead atoms. The number of carbonyl (C=O) groups excluding carboxylic acids is 1. The van der Waals surface area contributed by atoms with Gasteiger partial charge in [-0.05, 0) is 59.0 Å². The summed E-state index contributed by atoms with van der Waals surface area (Å²) < 4.78 is 15.8. The Kier molecular flexibility index (Phi) is 8.01. The van der Waals surface area contributed by atoms with Gasteiger partial charge in [-0.25, -0.2) is 14.2 Å². The van der Waals surface area contributed by atoms with Gasteiger partial charge in [0.15, 0.2) is 5.13 Å². The molecule has 0 fully saturated rings. The second-order valence-corrected chi connectivity index (χ2v) is 10.6. The number of aromatic nitrogens is 1. The molecule has 0 aliphatic rings. The van der Waals surface area contributed by atoms with Gasteiger partial charge in [-0.3, -0.25) is 4.79 Å². The molecule has 0 saturated heterocycles. The van der Waals surface area contributed by atoms with Crippen LogP contribution in [-0.2, 0) is 4.79 Å². The van der Waals surface area contributed by atoms with Crippen LogP contribution in [0.5, 0.6) is 0 Å². The normalized spacial score (nSPS) is 12.0. The molecule has 3 N–H and O–H groups in total. The molecule has 36 heavy (non-hydrogen) atoms. The second kappa shape index (κ2) is 10.6. The smallest absolute Gasteiger partial charge is 0.326 e. The maximum atomic E-state index is 14.9. The highest BCUT2D eigenvalue weighted by molar-refractivity contribution is 7.22. The molecule has 6 nitrogen and oxygen atoms in total. The van der Waals surface area contributed by atoms with E-state index in [-0.39, 0.29) is 13.1 Å². The summed E-state index contributed by atoms with van der Waals surface area (Å²) in [5.41, 5.74) is 2.09. The number of nitrogens with zero attached hydrogens (tertiary/aromatic N) is 1. The van der Waals surface area contributed by atoms with Crippen LogP contribution >= 0.6 is 22.9 Å². The second-order valence-electron chi connectivity index (χ2n) is 9.14. The quantitative estimate of drug-likeness (QED) is 0.243. The summed E-state index contributed by atoms with van der Waals surface area (Å²) in [6, 6.07) is 15.7. The third-order valence-corrected chi connectivity index (χ3v) is 6.60. The predicted octanol–water partition coefficient (Wildman–Crippen LogP) is 7.36. The Morgan fingerprint density at radius 2 is 1.69 bits per heavy atom. The van der Waals surface area contributed by atoms with Crippen LogP contribution in [0.25, 0.3) is 21.3 Å². The third-order valence-electron chi connectivity index (χ3n) is 5.43. The number of fused-ring (bicyclic) bond motifs is 1. The van der Waals surface area contributed by atoms with Crippen molar-refractivity contribution in [3.8, 4) is 11.1 Å². The first kappa shape index (κ1) is 27.1. The standard InChI is InChI=1S/C26H23ClFN3O3S.CH4/c1-26(2,3)22(24(33)34)31-23(32)15-6-4-14(5-7-15)16-8-10-19(18(28)12-16)29-25-30-20-11-9-17(27)13-21(20)35-25;/h4-13,22H,1-3H3,(H,29,30)(H,31,32)(H,33,34);1H4/t22-;/m1./s1. The predicted molar refractivity (Wildman–Crippen MR) is 145 cm³/mol. The van der Waals surface area contributed by atoms with Crippen LogP contribution in [0.15, 0.2) is 60.7 Å². The highest BCUT2D eigenvalue weighted by atomic mass is 35.5. The lowest BCUT2D eigenvalue weighted by Crippen LogP contribution is -2.49. The Hall–Kier alpha value is -3.49. The zero-order valence-electron chi connectivity index (χ0n) is 19.2. The first-order valence-electron chi connectivity index (χ1n) is 10.8. The number of hydrogen-bond donors (Lipinski definition) is 3. The molecule has 0 unspecified atom stereocenters. The maximum absolute atomic E-state index is 14.9. The number of carboxylic acid groups (broad SMARTS) is 1. The van der Waals surface area contributed by atoms with Crippen molar-refractivity contribution in [3.05, 3.63) is 77.1 Å². The van der Waals surface area contributed by atoms with Crippen molar-refractivity contribution in [1.82, 2.24) is 10.3 Å². The van der Waals surface area contributed by atoms with Crippen molar-refractivity contribution in [2.45, 2.75) is 34.2 Å². The van der Waals surface area contributed by atoms with Crippen LogP contribution < -0.4 is 10.6 Å². The Morgan fingerprint density at radius 3 is 2.31 bits per heavy atom. The van der Waals surface area contributed by atoms with E-state index < -0.39 is 29.2 Å². The molecular weight excluding hydrogens is 501 g/mol. The van der Waals surface area contributed by atoms with E-state index in [1.807, 2.05) is 12.1 Å². The molecule has 9 heteroatoms. The largest absolute Gasteiger partial charge is 0.480 e. The number of anilines is 2. The molecule has 3 aromatic carbocycles. The van der Waals surface area contributed by atoms with E-state index in [4.69, 9.17) is 11.6 Å². The number of aliphatic carboxylic acids is 1. The molecule has 1 atom stereocenters. The molecule has 0 spiro atoms. The van der Waals surface area contributed by atoms with E-state index in [9.17, 15) is 19.1 Å². The molecule has 0 aliphatic heterocycles. The van der Waals surface area contributed by atoms with Crippen molar-refractivity contribution < 1.29 is 19.1 Å². The summed E-state index contributed by atoms with van der Waals surface area (Å²) in [5.74, 6) is -2.03. The summed E-state index contributed by atoms with van der Waals surface area (Å²) in [7, 11) is 0. The van der Waals surface area contributed by atoms with E-state index in [1.165, 1.54) is 17.4 Å². The van der Waals surface area contributed by atoms with Gasteiger partial charge in [-0.2, -0.15) is 0 Å². The minimum Gasteiger partial charge on any atom is -0.480 e. The Bertz CT molecular complexity index is 1410. The minimum atomic E-state index is -1.10. The summed E-state index contributed by atoms with van der Waals surface area (Å²) in [4.78, 5) is 28.5. The fourth-order valence-corrected chi connectivity index (χ4v) is 4.69. The Balaban J connectivity index is 0.00000361. The Morgan fingerprint density at radius 1 is 1.03 bits per heavy atom. The first-order chi connectivity index (χ1) is 16.5. The lowest BCUT2D eigenvalue weighted by Gasteiger charge is -2.27. The summed E-state index contributed by atoms with van der Waals surface area (Å²) in [6.45, 7) is 5.23.